The van der Waals surface area contributed by atoms with E-state index >= 15 is 0 Å². The first kappa shape index (κ1) is 20.3. The Morgan fingerprint density at radius 3 is 2.12 bits per heavy atom. The third kappa shape index (κ3) is 3.18. The van der Waals surface area contributed by atoms with Crippen molar-refractivity contribution in [2.45, 2.75) is 26.8 Å². The van der Waals surface area contributed by atoms with Gasteiger partial charge < -0.3 is 0 Å². The minimum Gasteiger partial charge on any atom is -0.292 e. The summed E-state index contributed by atoms with van der Waals surface area (Å²) in [7, 11) is 0. The minimum absolute atomic E-state index is 0.107. The summed E-state index contributed by atoms with van der Waals surface area (Å²) in [4.78, 5) is 28.6. The largest absolute Gasteiger partial charge is 0.292 e. The maximum atomic E-state index is 13.9. The third-order valence-electron chi connectivity index (χ3n) is 6.34. The number of para-hydroxylation sites is 2. The molecule has 0 aliphatic heterocycles. The van der Waals surface area contributed by atoms with E-state index in [-0.39, 0.29) is 5.56 Å². The van der Waals surface area contributed by atoms with Crippen molar-refractivity contribution in [1.82, 2.24) is 24.1 Å². The lowest BCUT2D eigenvalue weighted by Gasteiger charge is -2.11. The van der Waals surface area contributed by atoms with E-state index in [1.54, 1.807) is 4.57 Å². The fraction of sp³-hybridized carbons (Fsp3) is 0.143. The topological polar surface area (TPSA) is 65.6 Å². The second kappa shape index (κ2) is 7.92. The molecule has 0 atom stereocenters. The van der Waals surface area contributed by atoms with Crippen LogP contribution in [0.3, 0.4) is 0 Å². The summed E-state index contributed by atoms with van der Waals surface area (Å²) in [5.74, 6) is 0.653. The molecule has 3 aromatic carbocycles. The van der Waals surface area contributed by atoms with Gasteiger partial charge >= 0.3 is 0 Å². The van der Waals surface area contributed by atoms with Crippen LogP contribution in [-0.2, 0) is 13.0 Å². The Bertz CT molecular complexity index is 1730. The maximum Gasteiger partial charge on any atom is 0.265 e. The van der Waals surface area contributed by atoms with Crippen LogP contribution in [0.15, 0.2) is 83.7 Å². The lowest BCUT2D eigenvalue weighted by molar-refractivity contribution is 0.711. The van der Waals surface area contributed by atoms with Gasteiger partial charge in [-0.3, -0.25) is 13.9 Å². The quantitative estimate of drug-likeness (QED) is 0.374. The number of benzene rings is 3. The first-order chi connectivity index (χ1) is 16.6. The van der Waals surface area contributed by atoms with Crippen LogP contribution in [0.25, 0.3) is 38.9 Å². The van der Waals surface area contributed by atoms with Gasteiger partial charge in [-0.05, 0) is 48.7 Å². The normalized spacial score (nSPS) is 11.6. The van der Waals surface area contributed by atoms with Gasteiger partial charge in [0, 0.05) is 5.69 Å². The van der Waals surface area contributed by atoms with E-state index in [9.17, 15) is 4.79 Å². The van der Waals surface area contributed by atoms with Gasteiger partial charge in [0.25, 0.3) is 5.56 Å². The molecular weight excluding hydrogens is 422 g/mol. The smallest absolute Gasteiger partial charge is 0.265 e. The Hall–Kier alpha value is -4.32. The standard InChI is InChI=1S/C28H23N5O/c1-3-19-13-15-21(16-14-19)33-26-24(25-27(33)31-23-12-8-7-11-22(23)30-25)28(34)32(18(2)29-26)17-20-9-5-4-6-10-20/h4-16H,3,17H2,1-2H3. The first-order valence-corrected chi connectivity index (χ1v) is 11.5. The van der Waals surface area contributed by atoms with E-state index in [4.69, 9.17) is 15.0 Å². The fourth-order valence-electron chi connectivity index (χ4n) is 4.51. The molecule has 0 fully saturated rings. The van der Waals surface area contributed by atoms with Crippen molar-refractivity contribution < 1.29 is 0 Å². The summed E-state index contributed by atoms with van der Waals surface area (Å²) in [5.41, 5.74) is 6.43. The van der Waals surface area contributed by atoms with Crippen molar-refractivity contribution in [3.05, 3.63) is 106 Å². The predicted octanol–water partition coefficient (Wildman–Crippen LogP) is 5.20. The highest BCUT2D eigenvalue weighted by molar-refractivity contribution is 6.05. The van der Waals surface area contributed by atoms with E-state index in [1.807, 2.05) is 66.1 Å². The van der Waals surface area contributed by atoms with Crippen molar-refractivity contribution in [3.8, 4) is 5.69 Å². The van der Waals surface area contributed by atoms with Gasteiger partial charge in [0.2, 0.25) is 0 Å². The van der Waals surface area contributed by atoms with Gasteiger partial charge in [0.15, 0.2) is 11.3 Å². The Morgan fingerprint density at radius 2 is 1.41 bits per heavy atom. The number of rotatable bonds is 4. The first-order valence-electron chi connectivity index (χ1n) is 11.5. The highest BCUT2D eigenvalue weighted by atomic mass is 16.1. The monoisotopic (exact) mass is 445 g/mol. The Labute approximate surface area is 196 Å². The van der Waals surface area contributed by atoms with Gasteiger partial charge in [-0.2, -0.15) is 0 Å². The van der Waals surface area contributed by atoms with Crippen LogP contribution in [0.5, 0.6) is 0 Å². The molecule has 0 unspecified atom stereocenters. The van der Waals surface area contributed by atoms with Crippen molar-refractivity contribution >= 4 is 33.2 Å². The molecule has 0 bridgehead atoms. The number of aryl methyl sites for hydroxylation is 2. The van der Waals surface area contributed by atoms with Crippen molar-refractivity contribution in [2.75, 3.05) is 0 Å². The fourth-order valence-corrected chi connectivity index (χ4v) is 4.51. The minimum atomic E-state index is -0.107. The van der Waals surface area contributed by atoms with Gasteiger partial charge in [-0.25, -0.2) is 15.0 Å². The van der Waals surface area contributed by atoms with Crippen LogP contribution >= 0.6 is 0 Å². The molecule has 0 aliphatic carbocycles. The number of hydrogen-bond acceptors (Lipinski definition) is 4. The van der Waals surface area contributed by atoms with Gasteiger partial charge in [-0.1, -0.05) is 61.5 Å². The molecule has 166 valence electrons. The summed E-state index contributed by atoms with van der Waals surface area (Å²) < 4.78 is 3.68. The zero-order valence-corrected chi connectivity index (χ0v) is 19.1. The molecular formula is C28H23N5O. The molecule has 0 saturated carbocycles. The molecule has 0 spiro atoms. The SMILES string of the molecule is CCc1ccc(-n2c3nc4ccccc4nc3c3c(=O)n(Cc4ccccc4)c(C)nc32)cc1. The zero-order valence-electron chi connectivity index (χ0n) is 19.1. The molecule has 6 heteroatoms. The molecule has 0 amide bonds. The van der Waals surface area contributed by atoms with Crippen LogP contribution in [0.4, 0.5) is 0 Å². The zero-order chi connectivity index (χ0) is 23.2. The van der Waals surface area contributed by atoms with Crippen molar-refractivity contribution in [3.63, 3.8) is 0 Å². The summed E-state index contributed by atoms with van der Waals surface area (Å²) in [6, 6.07) is 26.0. The summed E-state index contributed by atoms with van der Waals surface area (Å²) in [6.45, 7) is 4.46. The van der Waals surface area contributed by atoms with Crippen LogP contribution in [0.2, 0.25) is 0 Å². The summed E-state index contributed by atoms with van der Waals surface area (Å²) in [5, 5.41) is 0.495. The summed E-state index contributed by atoms with van der Waals surface area (Å²) >= 11 is 0. The third-order valence-corrected chi connectivity index (χ3v) is 6.34. The lowest BCUT2D eigenvalue weighted by Crippen LogP contribution is -2.24. The second-order valence-corrected chi connectivity index (χ2v) is 8.47. The number of fused-ring (bicyclic) bond motifs is 4. The summed E-state index contributed by atoms with van der Waals surface area (Å²) in [6.07, 6.45) is 0.958. The maximum absolute atomic E-state index is 13.9. The highest BCUT2D eigenvalue weighted by Gasteiger charge is 2.22. The molecule has 3 heterocycles. The number of aromatic nitrogens is 5. The molecule has 0 radical (unpaired) electrons. The average Bonchev–Trinajstić information content (AvgIpc) is 3.18. The van der Waals surface area contributed by atoms with Crippen LogP contribution in [0, 0.1) is 6.92 Å². The van der Waals surface area contributed by atoms with E-state index in [0.29, 0.717) is 34.6 Å². The van der Waals surface area contributed by atoms with Crippen LogP contribution < -0.4 is 5.56 Å². The predicted molar refractivity (Wildman–Crippen MR) is 136 cm³/mol. The van der Waals surface area contributed by atoms with Crippen molar-refractivity contribution in [1.29, 1.82) is 0 Å². The molecule has 3 aromatic heterocycles. The average molecular weight is 446 g/mol. The lowest BCUT2D eigenvalue weighted by atomic mass is 10.1. The molecule has 0 N–H and O–H groups in total. The highest BCUT2D eigenvalue weighted by Crippen LogP contribution is 2.29. The van der Waals surface area contributed by atoms with Gasteiger partial charge in [0.1, 0.15) is 16.7 Å². The number of nitrogens with zero attached hydrogens (tertiary/aromatic N) is 5. The van der Waals surface area contributed by atoms with E-state index in [1.165, 1.54) is 5.56 Å². The van der Waals surface area contributed by atoms with E-state index < -0.39 is 0 Å². The Balaban J connectivity index is 1.71. The Kier molecular flexibility index (Phi) is 4.73. The van der Waals surface area contributed by atoms with Gasteiger partial charge in [-0.15, -0.1) is 0 Å². The Morgan fingerprint density at radius 1 is 0.735 bits per heavy atom. The van der Waals surface area contributed by atoms with Gasteiger partial charge in [0.05, 0.1) is 17.6 Å². The van der Waals surface area contributed by atoms with E-state index in [0.717, 1.165) is 28.7 Å². The molecule has 6 rings (SSSR count). The van der Waals surface area contributed by atoms with E-state index in [2.05, 4.69) is 31.2 Å². The second-order valence-electron chi connectivity index (χ2n) is 8.47. The van der Waals surface area contributed by atoms with Crippen LogP contribution in [0.1, 0.15) is 23.9 Å². The van der Waals surface area contributed by atoms with Crippen molar-refractivity contribution in [2.24, 2.45) is 0 Å². The molecule has 34 heavy (non-hydrogen) atoms. The molecule has 6 nitrogen and oxygen atoms in total. The van der Waals surface area contributed by atoms with Crippen LogP contribution in [-0.4, -0.2) is 24.1 Å². The number of hydrogen-bond donors (Lipinski definition) is 0. The molecule has 0 saturated heterocycles. The molecule has 6 aromatic rings. The molecule has 0 aliphatic rings.